The van der Waals surface area contributed by atoms with Crippen molar-refractivity contribution in [1.82, 2.24) is 4.90 Å². The third kappa shape index (κ3) is 3.53. The molecular weight excluding hydrogens is 368 g/mol. The van der Waals surface area contributed by atoms with Crippen LogP contribution >= 0.6 is 0 Å². The lowest BCUT2D eigenvalue weighted by molar-refractivity contribution is -0.135. The molecule has 1 N–H and O–H groups in total. The fraction of sp³-hybridized carbons (Fsp3) is 0.368. The first kappa shape index (κ1) is 19.3. The number of aliphatic imine (C=N–C) groups is 1. The van der Waals surface area contributed by atoms with Crippen LogP contribution in [0.5, 0.6) is 0 Å². The largest absolute Gasteiger partial charge is 0.465 e. The molecule has 0 fully saturated rings. The molecule has 5 nitrogen and oxygen atoms in total. The maximum atomic E-state index is 15.3. The molecule has 2 heterocycles. The number of amidine groups is 1. The van der Waals surface area contributed by atoms with Crippen LogP contribution in [-0.4, -0.2) is 44.1 Å². The van der Waals surface area contributed by atoms with Gasteiger partial charge in [0.25, 0.3) is 0 Å². The van der Waals surface area contributed by atoms with Crippen molar-refractivity contribution in [3.63, 3.8) is 0 Å². The normalized spacial score (nSPS) is 19.5. The molecule has 0 radical (unpaired) electrons. The van der Waals surface area contributed by atoms with Gasteiger partial charge in [0.2, 0.25) is 0 Å². The van der Waals surface area contributed by atoms with Crippen LogP contribution in [0.3, 0.4) is 0 Å². The van der Waals surface area contributed by atoms with E-state index in [2.05, 4.69) is 30.0 Å². The van der Waals surface area contributed by atoms with E-state index in [1.807, 2.05) is 0 Å². The lowest BCUT2D eigenvalue weighted by Gasteiger charge is -2.35. The Morgan fingerprint density at radius 1 is 1.33 bits per heavy atom. The van der Waals surface area contributed by atoms with Crippen LogP contribution in [0.1, 0.15) is 5.56 Å². The molecule has 8 heteroatoms. The van der Waals surface area contributed by atoms with Crippen molar-refractivity contribution in [1.29, 1.82) is 0 Å². The van der Waals surface area contributed by atoms with Crippen LogP contribution in [0.2, 0.25) is 19.6 Å². The van der Waals surface area contributed by atoms with Crippen LogP contribution in [0.15, 0.2) is 46.5 Å². The predicted molar refractivity (Wildman–Crippen MR) is 104 cm³/mol. The van der Waals surface area contributed by atoms with Crippen LogP contribution in [0.4, 0.5) is 14.5 Å². The van der Waals surface area contributed by atoms with E-state index in [4.69, 9.17) is 4.74 Å². The van der Waals surface area contributed by atoms with Crippen molar-refractivity contribution < 1.29 is 18.3 Å². The minimum Gasteiger partial charge on any atom is -0.465 e. The van der Waals surface area contributed by atoms with E-state index >= 15 is 4.39 Å². The Morgan fingerprint density at radius 3 is 2.63 bits per heavy atom. The number of esters is 1. The van der Waals surface area contributed by atoms with E-state index < -0.39 is 25.7 Å². The first-order valence-electron chi connectivity index (χ1n) is 8.70. The summed E-state index contributed by atoms with van der Waals surface area (Å²) >= 11 is 0. The second kappa shape index (κ2) is 6.92. The van der Waals surface area contributed by atoms with Gasteiger partial charge in [-0.25, -0.2) is 13.6 Å². The molecule has 0 bridgehead atoms. The monoisotopic (exact) mass is 391 g/mol. The first-order valence-corrected chi connectivity index (χ1v) is 12.3. The van der Waals surface area contributed by atoms with Crippen molar-refractivity contribution in [3.05, 3.63) is 52.9 Å². The number of methoxy groups -OCH3 is 1. The summed E-state index contributed by atoms with van der Waals surface area (Å²) in [6.45, 7) is 8.72. The smallest absolute Gasteiger partial charge is 0.341 e. The number of ether oxygens (including phenoxy) is 1. The molecule has 2 aliphatic rings. The molecule has 0 aliphatic carbocycles. The van der Waals surface area contributed by atoms with Crippen molar-refractivity contribution in [3.8, 4) is 0 Å². The number of rotatable bonds is 4. The third-order valence-corrected chi connectivity index (χ3v) is 7.20. The Labute approximate surface area is 158 Å². The summed E-state index contributed by atoms with van der Waals surface area (Å²) in [6, 6.07) is 4.55. The fourth-order valence-electron chi connectivity index (χ4n) is 3.19. The molecule has 1 aromatic rings. The molecule has 0 saturated heterocycles. The van der Waals surface area contributed by atoms with Crippen molar-refractivity contribution in [2.75, 3.05) is 19.0 Å². The van der Waals surface area contributed by atoms with Crippen molar-refractivity contribution >= 4 is 25.6 Å². The number of benzene rings is 1. The lowest BCUT2D eigenvalue weighted by atomic mass is 10.1. The molecule has 27 heavy (non-hydrogen) atoms. The van der Waals surface area contributed by atoms with Crippen LogP contribution in [0.25, 0.3) is 0 Å². The lowest BCUT2D eigenvalue weighted by Crippen LogP contribution is -2.50. The molecule has 1 unspecified atom stereocenters. The Morgan fingerprint density at radius 2 is 2.04 bits per heavy atom. The van der Waals surface area contributed by atoms with Gasteiger partial charge in [-0.1, -0.05) is 25.7 Å². The minimum atomic E-state index is -1.70. The first-order chi connectivity index (χ1) is 12.6. The highest BCUT2D eigenvalue weighted by molar-refractivity contribution is 6.78. The van der Waals surface area contributed by atoms with Gasteiger partial charge < -0.3 is 15.0 Å². The zero-order chi connectivity index (χ0) is 19.9. The summed E-state index contributed by atoms with van der Waals surface area (Å²) in [5.41, 5.74) is 0.740. The number of nitrogens with one attached hydrogen (secondary N) is 1. The summed E-state index contributed by atoms with van der Waals surface area (Å²) in [5.74, 6) is -1.74. The number of halogens is 2. The van der Waals surface area contributed by atoms with Crippen LogP contribution < -0.4 is 5.32 Å². The number of hydrogen-bond donors (Lipinski definition) is 1. The number of aryl methyl sites for hydroxylation is 1. The van der Waals surface area contributed by atoms with Gasteiger partial charge in [0, 0.05) is 11.9 Å². The number of carbonyl (C=O) groups is 1. The molecule has 0 saturated carbocycles. The maximum absolute atomic E-state index is 15.3. The zero-order valence-corrected chi connectivity index (χ0v) is 17.1. The van der Waals surface area contributed by atoms with E-state index in [9.17, 15) is 9.18 Å². The molecule has 1 aromatic carbocycles. The summed E-state index contributed by atoms with van der Waals surface area (Å²) in [5, 5.41) is 2.72. The molecule has 0 spiro atoms. The molecule has 0 amide bonds. The van der Waals surface area contributed by atoms with E-state index in [0.29, 0.717) is 6.54 Å². The van der Waals surface area contributed by atoms with Gasteiger partial charge >= 0.3 is 5.97 Å². The predicted octanol–water partition coefficient (Wildman–Crippen LogP) is 3.76. The Balaban J connectivity index is 2.05. The number of fused-ring (bicyclic) bond motifs is 1. The molecule has 1 atom stereocenters. The summed E-state index contributed by atoms with van der Waals surface area (Å²) < 4.78 is 34.4. The molecule has 0 aromatic heterocycles. The van der Waals surface area contributed by atoms with E-state index in [1.165, 1.54) is 19.2 Å². The number of nitrogens with zero attached hydrogens (tertiary/aromatic N) is 2. The second-order valence-corrected chi connectivity index (χ2v) is 13.2. The number of carbonyl (C=O) groups excluding carboxylic acids is 1. The summed E-state index contributed by atoms with van der Waals surface area (Å²) in [7, 11) is -0.472. The van der Waals surface area contributed by atoms with Crippen molar-refractivity contribution in [2.24, 2.45) is 4.99 Å². The van der Waals surface area contributed by atoms with Gasteiger partial charge in [0.15, 0.2) is 11.7 Å². The van der Waals surface area contributed by atoms with Gasteiger partial charge in [-0.15, -0.1) is 0 Å². The standard InChI is InChI=1S/C19H23F2N3O2Si/c1-11-6-7-14(13(20)8-11)23-17-12(19(25)26-2)10-24-15(27(3,4)5)9-22-18(24)16(17)21/h6-8,10,15,23H,9H2,1-5H3. The fourth-order valence-corrected chi connectivity index (χ4v) is 4.86. The molecule has 3 rings (SSSR count). The Kier molecular flexibility index (Phi) is 4.94. The highest BCUT2D eigenvalue weighted by Crippen LogP contribution is 2.34. The van der Waals surface area contributed by atoms with E-state index in [1.54, 1.807) is 24.1 Å². The van der Waals surface area contributed by atoms with E-state index in [0.717, 1.165) is 5.56 Å². The highest BCUT2D eigenvalue weighted by atomic mass is 28.3. The average molecular weight is 391 g/mol. The third-order valence-electron chi connectivity index (χ3n) is 4.74. The molecule has 2 aliphatic heterocycles. The average Bonchev–Trinajstić information content (AvgIpc) is 3.03. The second-order valence-electron chi connectivity index (χ2n) is 7.79. The maximum Gasteiger partial charge on any atom is 0.341 e. The topological polar surface area (TPSA) is 53.9 Å². The van der Waals surface area contributed by atoms with Gasteiger partial charge in [-0.2, -0.15) is 0 Å². The quantitative estimate of drug-likeness (QED) is 0.627. The summed E-state index contributed by atoms with van der Waals surface area (Å²) in [6.07, 6.45) is 1.57. The Bertz CT molecular complexity index is 887. The SMILES string of the molecule is COC(=O)C1=CN2C(=NCC2[Si](C)(C)C)C(F)=C1Nc1ccc(C)cc1F. The zero-order valence-electron chi connectivity index (χ0n) is 16.1. The van der Waals surface area contributed by atoms with E-state index in [-0.39, 0.29) is 28.5 Å². The Hall–Kier alpha value is -2.48. The van der Waals surface area contributed by atoms with Crippen LogP contribution in [0, 0.1) is 12.7 Å². The van der Waals surface area contributed by atoms with Gasteiger partial charge in [-0.3, -0.25) is 4.99 Å². The highest BCUT2D eigenvalue weighted by Gasteiger charge is 2.42. The molecular formula is C19H23F2N3O2Si. The van der Waals surface area contributed by atoms with Gasteiger partial charge in [0.1, 0.15) is 11.4 Å². The van der Waals surface area contributed by atoms with Gasteiger partial charge in [0.05, 0.1) is 33.1 Å². The minimum absolute atomic E-state index is 0.0130. The molecule has 144 valence electrons. The summed E-state index contributed by atoms with van der Waals surface area (Å²) in [4.78, 5) is 18.4. The van der Waals surface area contributed by atoms with Crippen LogP contribution in [-0.2, 0) is 9.53 Å². The van der Waals surface area contributed by atoms with Gasteiger partial charge in [-0.05, 0) is 24.6 Å². The number of hydrogen-bond acceptors (Lipinski definition) is 5. The van der Waals surface area contributed by atoms with Crippen molar-refractivity contribution in [2.45, 2.75) is 32.2 Å². The number of anilines is 1.